The van der Waals surface area contributed by atoms with Crippen molar-refractivity contribution in [1.29, 1.82) is 0 Å². The number of amides is 2. The molecule has 0 saturated heterocycles. The summed E-state index contributed by atoms with van der Waals surface area (Å²) in [5, 5.41) is 0. The third kappa shape index (κ3) is 6.82. The fourth-order valence-electron chi connectivity index (χ4n) is 2.30. The fourth-order valence-corrected chi connectivity index (χ4v) is 2.30. The number of ether oxygens (including phenoxy) is 1. The summed E-state index contributed by atoms with van der Waals surface area (Å²) < 4.78 is 5.30. The highest BCUT2D eigenvalue weighted by Gasteiger charge is 2.08. The number of benzene rings is 2. The summed E-state index contributed by atoms with van der Waals surface area (Å²) in [4.78, 5) is 34.0. The number of rotatable bonds is 10. The van der Waals surface area contributed by atoms with Crippen LogP contribution < -0.4 is 11.0 Å². The molecule has 0 saturated carbocycles. The molecule has 2 rings (SSSR count). The number of hydrogen-bond acceptors (Lipinski definition) is 5. The molecule has 0 atom stereocenters. The zero-order chi connectivity index (χ0) is 19.5. The Kier molecular flexibility index (Phi) is 8.44. The average Bonchev–Trinajstić information content (AvgIpc) is 2.67. The third-order valence-corrected chi connectivity index (χ3v) is 3.77. The minimum absolute atomic E-state index is 0.202. The van der Waals surface area contributed by atoms with E-state index in [1.807, 2.05) is 38.1 Å². The van der Waals surface area contributed by atoms with E-state index in [9.17, 15) is 9.59 Å². The van der Waals surface area contributed by atoms with Crippen LogP contribution in [-0.4, -0.2) is 38.2 Å². The summed E-state index contributed by atoms with van der Waals surface area (Å²) in [6.07, 6.45) is 0. The second-order valence-electron chi connectivity index (χ2n) is 5.80. The first-order valence-corrected chi connectivity index (χ1v) is 8.63. The van der Waals surface area contributed by atoms with Crippen LogP contribution in [0.4, 0.5) is 0 Å². The zero-order valence-corrected chi connectivity index (χ0v) is 15.5. The molecule has 2 aromatic rings. The van der Waals surface area contributed by atoms with E-state index in [0.717, 1.165) is 11.1 Å². The first-order chi connectivity index (χ1) is 13.1. The second kappa shape index (κ2) is 11.1. The summed E-state index contributed by atoms with van der Waals surface area (Å²) in [5.74, 6) is -0.592. The number of nitrogens with one attached hydrogen (secondary N) is 2. The fraction of sp³-hybridized carbons (Fsp3) is 0.300. The Morgan fingerprint density at radius 1 is 0.704 bits per heavy atom. The maximum absolute atomic E-state index is 11.9. The topological polar surface area (TPSA) is 85.9 Å². The molecule has 144 valence electrons. The number of aryl methyl sites for hydroxylation is 2. The monoisotopic (exact) mass is 372 g/mol. The van der Waals surface area contributed by atoms with E-state index in [1.165, 1.54) is 0 Å². The molecule has 7 heteroatoms. The lowest BCUT2D eigenvalue weighted by molar-refractivity contribution is -0.0271. The lowest BCUT2D eigenvalue weighted by Gasteiger charge is -2.09. The van der Waals surface area contributed by atoms with E-state index >= 15 is 0 Å². The zero-order valence-electron chi connectivity index (χ0n) is 15.5. The molecule has 0 aliphatic rings. The molecule has 0 fully saturated rings. The van der Waals surface area contributed by atoms with Crippen molar-refractivity contribution in [3.05, 3.63) is 70.8 Å². The molecular weight excluding hydrogens is 348 g/mol. The van der Waals surface area contributed by atoms with Crippen molar-refractivity contribution < 1.29 is 24.0 Å². The molecule has 0 aliphatic heterocycles. The normalized spacial score (nSPS) is 10.4. The van der Waals surface area contributed by atoms with Gasteiger partial charge in [-0.2, -0.15) is 0 Å². The Morgan fingerprint density at radius 3 is 1.52 bits per heavy atom. The van der Waals surface area contributed by atoms with E-state index in [0.29, 0.717) is 11.1 Å². The van der Waals surface area contributed by atoms with Gasteiger partial charge >= 0.3 is 0 Å². The molecule has 2 N–H and O–H groups in total. The van der Waals surface area contributed by atoms with Crippen LogP contribution in [0.5, 0.6) is 0 Å². The van der Waals surface area contributed by atoms with Crippen molar-refractivity contribution >= 4 is 11.8 Å². The van der Waals surface area contributed by atoms with Crippen molar-refractivity contribution in [2.75, 3.05) is 26.4 Å². The Labute approximate surface area is 158 Å². The van der Waals surface area contributed by atoms with Gasteiger partial charge in [-0.1, -0.05) is 36.4 Å². The predicted octanol–water partition coefficient (Wildman–Crippen LogP) is 2.34. The van der Waals surface area contributed by atoms with Crippen LogP contribution in [0.15, 0.2) is 48.5 Å². The van der Waals surface area contributed by atoms with Gasteiger partial charge in [0.05, 0.1) is 26.4 Å². The average molecular weight is 372 g/mol. The van der Waals surface area contributed by atoms with Gasteiger partial charge in [0, 0.05) is 11.1 Å². The van der Waals surface area contributed by atoms with Crippen LogP contribution in [0.1, 0.15) is 31.8 Å². The highest BCUT2D eigenvalue weighted by atomic mass is 16.7. The van der Waals surface area contributed by atoms with Crippen LogP contribution in [0, 0.1) is 13.8 Å². The molecular formula is C20H24N2O5. The minimum atomic E-state index is -0.296. The predicted molar refractivity (Wildman–Crippen MR) is 100 cm³/mol. The van der Waals surface area contributed by atoms with Gasteiger partial charge in [-0.15, -0.1) is 0 Å². The molecule has 0 aromatic heterocycles. The Morgan fingerprint density at radius 2 is 1.11 bits per heavy atom. The number of hydrogen-bond donors (Lipinski definition) is 2. The SMILES string of the molecule is Cc1ccccc1C(=O)NOCCOCCONC(=O)c1ccccc1C. The molecule has 0 aliphatic carbocycles. The van der Waals surface area contributed by atoms with Crippen molar-refractivity contribution in [2.24, 2.45) is 0 Å². The Balaban J connectivity index is 1.50. The number of carbonyl (C=O) groups is 2. The first kappa shape index (κ1) is 20.6. The maximum Gasteiger partial charge on any atom is 0.275 e. The van der Waals surface area contributed by atoms with Gasteiger partial charge in [-0.3, -0.25) is 19.3 Å². The van der Waals surface area contributed by atoms with Gasteiger partial charge in [0.15, 0.2) is 0 Å². The van der Waals surface area contributed by atoms with Crippen LogP contribution in [-0.2, 0) is 14.4 Å². The van der Waals surface area contributed by atoms with Gasteiger partial charge in [-0.05, 0) is 37.1 Å². The number of hydroxylamine groups is 2. The summed E-state index contributed by atoms with van der Waals surface area (Å²) in [6.45, 7) is 4.68. The molecule has 0 unspecified atom stereocenters. The number of carbonyl (C=O) groups excluding carboxylic acids is 2. The van der Waals surface area contributed by atoms with Crippen molar-refractivity contribution in [2.45, 2.75) is 13.8 Å². The van der Waals surface area contributed by atoms with Gasteiger partial charge in [0.2, 0.25) is 0 Å². The molecule has 0 bridgehead atoms. The van der Waals surface area contributed by atoms with E-state index in [2.05, 4.69) is 11.0 Å². The maximum atomic E-state index is 11.9. The second-order valence-corrected chi connectivity index (χ2v) is 5.80. The van der Waals surface area contributed by atoms with Crippen molar-refractivity contribution in [1.82, 2.24) is 11.0 Å². The van der Waals surface area contributed by atoms with Crippen LogP contribution >= 0.6 is 0 Å². The summed E-state index contributed by atoms with van der Waals surface area (Å²) in [5.41, 5.74) is 7.63. The molecule has 7 nitrogen and oxygen atoms in total. The highest BCUT2D eigenvalue weighted by Crippen LogP contribution is 2.07. The van der Waals surface area contributed by atoms with Crippen molar-refractivity contribution in [3.8, 4) is 0 Å². The molecule has 0 heterocycles. The van der Waals surface area contributed by atoms with Gasteiger partial charge in [-0.25, -0.2) is 11.0 Å². The van der Waals surface area contributed by atoms with E-state index in [-0.39, 0.29) is 38.2 Å². The Hall–Kier alpha value is -2.74. The first-order valence-electron chi connectivity index (χ1n) is 8.63. The molecule has 0 spiro atoms. The van der Waals surface area contributed by atoms with Crippen LogP contribution in [0.25, 0.3) is 0 Å². The molecule has 0 radical (unpaired) electrons. The van der Waals surface area contributed by atoms with Crippen LogP contribution in [0.3, 0.4) is 0 Å². The highest BCUT2D eigenvalue weighted by molar-refractivity contribution is 5.95. The van der Waals surface area contributed by atoms with Gasteiger partial charge in [0.25, 0.3) is 11.8 Å². The molecule has 27 heavy (non-hydrogen) atoms. The van der Waals surface area contributed by atoms with Crippen molar-refractivity contribution in [3.63, 3.8) is 0 Å². The summed E-state index contributed by atoms with van der Waals surface area (Å²) in [6, 6.07) is 14.5. The summed E-state index contributed by atoms with van der Waals surface area (Å²) >= 11 is 0. The third-order valence-electron chi connectivity index (χ3n) is 3.77. The lowest BCUT2D eigenvalue weighted by Crippen LogP contribution is -2.27. The van der Waals surface area contributed by atoms with E-state index in [4.69, 9.17) is 14.4 Å². The minimum Gasteiger partial charge on any atom is -0.376 e. The largest absolute Gasteiger partial charge is 0.376 e. The standard InChI is InChI=1S/C20H24N2O5/c1-15-7-3-5-9-17(15)19(23)21-26-13-11-25-12-14-27-22-20(24)18-10-6-4-8-16(18)2/h3-10H,11-14H2,1-2H3,(H,21,23)(H,22,24). The molecule has 2 amide bonds. The van der Waals surface area contributed by atoms with Crippen LogP contribution in [0.2, 0.25) is 0 Å². The smallest absolute Gasteiger partial charge is 0.275 e. The van der Waals surface area contributed by atoms with E-state index < -0.39 is 0 Å². The van der Waals surface area contributed by atoms with E-state index in [1.54, 1.807) is 24.3 Å². The Bertz CT molecular complexity index is 700. The quantitative estimate of drug-likeness (QED) is 0.494. The van der Waals surface area contributed by atoms with Gasteiger partial charge in [0.1, 0.15) is 0 Å². The molecule has 2 aromatic carbocycles. The lowest BCUT2D eigenvalue weighted by atomic mass is 10.1. The van der Waals surface area contributed by atoms with Gasteiger partial charge < -0.3 is 4.74 Å². The summed E-state index contributed by atoms with van der Waals surface area (Å²) in [7, 11) is 0.